The number of benzene rings is 2. The van der Waals surface area contributed by atoms with E-state index in [1.54, 1.807) is 13.0 Å². The van der Waals surface area contributed by atoms with Crippen LogP contribution >= 0.6 is 0 Å². The molecule has 9 nitrogen and oxygen atoms in total. The molecule has 0 saturated carbocycles. The molecule has 30 heavy (non-hydrogen) atoms. The molecule has 3 aromatic rings. The van der Waals surface area contributed by atoms with Crippen LogP contribution in [0.4, 0.5) is 10.1 Å². The number of non-ortho nitro benzene ring substituents is 1. The second-order valence-electron chi connectivity index (χ2n) is 6.44. The zero-order valence-electron chi connectivity index (χ0n) is 15.8. The van der Waals surface area contributed by atoms with E-state index in [2.05, 4.69) is 10.4 Å². The van der Waals surface area contributed by atoms with E-state index in [9.17, 15) is 29.2 Å². The summed E-state index contributed by atoms with van der Waals surface area (Å²) >= 11 is 0. The average molecular weight is 412 g/mol. The first kappa shape index (κ1) is 20.8. The Balaban J connectivity index is 1.78. The molecule has 2 N–H and O–H groups in total. The summed E-state index contributed by atoms with van der Waals surface area (Å²) in [7, 11) is 0. The number of nitrogens with zero attached hydrogens (tertiary/aromatic N) is 3. The first-order valence-electron chi connectivity index (χ1n) is 8.84. The molecule has 1 atom stereocenters. The first-order valence-corrected chi connectivity index (χ1v) is 8.84. The minimum atomic E-state index is -1.16. The molecule has 10 heteroatoms. The van der Waals surface area contributed by atoms with Crippen molar-refractivity contribution in [2.75, 3.05) is 6.54 Å². The van der Waals surface area contributed by atoms with Gasteiger partial charge in [0.05, 0.1) is 11.0 Å². The Morgan fingerprint density at radius 1 is 1.27 bits per heavy atom. The van der Waals surface area contributed by atoms with Gasteiger partial charge in [-0.05, 0) is 36.8 Å². The molecule has 0 aliphatic rings. The summed E-state index contributed by atoms with van der Waals surface area (Å²) in [6, 6.07) is 12.1. The van der Waals surface area contributed by atoms with Gasteiger partial charge in [0.1, 0.15) is 11.5 Å². The first-order chi connectivity index (χ1) is 14.3. The molecule has 0 saturated heterocycles. The topological polar surface area (TPSA) is 127 Å². The lowest BCUT2D eigenvalue weighted by molar-refractivity contribution is -0.384. The zero-order valence-corrected chi connectivity index (χ0v) is 15.8. The van der Waals surface area contributed by atoms with Crippen LogP contribution in [0.1, 0.15) is 27.8 Å². The number of amides is 1. The molecule has 2 aromatic carbocycles. The standard InChI is InChI=1S/C20H17FN4O5/c1-12-10-17(26)19(23-24(12)16-5-3-2-4-15(16)21)20(28)22-11-18(27)13-6-8-14(9-7-13)25(29)30/h2-10,18,27H,11H2,1H3,(H,22,28)/t18-/m0/s1. The summed E-state index contributed by atoms with van der Waals surface area (Å²) in [5.41, 5.74) is -0.473. The second-order valence-corrected chi connectivity index (χ2v) is 6.44. The number of aliphatic hydroxyl groups excluding tert-OH is 1. The van der Waals surface area contributed by atoms with Gasteiger partial charge in [-0.3, -0.25) is 19.7 Å². The molecule has 1 heterocycles. The molecule has 0 aliphatic carbocycles. The Morgan fingerprint density at radius 2 is 1.93 bits per heavy atom. The Hall–Kier alpha value is -3.92. The van der Waals surface area contributed by atoms with Crippen LogP contribution in [-0.2, 0) is 0 Å². The Labute approximate surface area is 169 Å². The van der Waals surface area contributed by atoms with Gasteiger partial charge < -0.3 is 10.4 Å². The molecule has 0 bridgehead atoms. The lowest BCUT2D eigenvalue weighted by Gasteiger charge is -2.14. The average Bonchev–Trinajstić information content (AvgIpc) is 2.72. The van der Waals surface area contributed by atoms with Crippen LogP contribution in [0, 0.1) is 22.9 Å². The summed E-state index contributed by atoms with van der Waals surface area (Å²) < 4.78 is 15.2. The van der Waals surface area contributed by atoms with Gasteiger partial charge in [-0.15, -0.1) is 0 Å². The largest absolute Gasteiger partial charge is 0.387 e. The molecule has 0 fully saturated rings. The van der Waals surface area contributed by atoms with Crippen LogP contribution in [0.3, 0.4) is 0 Å². The van der Waals surface area contributed by atoms with Crippen molar-refractivity contribution in [2.24, 2.45) is 0 Å². The van der Waals surface area contributed by atoms with Crippen molar-refractivity contribution in [3.05, 3.63) is 97.7 Å². The van der Waals surface area contributed by atoms with Gasteiger partial charge in [0.25, 0.3) is 11.6 Å². The number of carbonyl (C=O) groups is 1. The van der Waals surface area contributed by atoms with Crippen molar-refractivity contribution >= 4 is 11.6 Å². The summed E-state index contributed by atoms with van der Waals surface area (Å²) in [6.45, 7) is 1.30. The monoisotopic (exact) mass is 412 g/mol. The maximum atomic E-state index is 14.1. The molecular weight excluding hydrogens is 395 g/mol. The third-order valence-electron chi connectivity index (χ3n) is 4.35. The second kappa shape index (κ2) is 8.62. The predicted molar refractivity (Wildman–Crippen MR) is 105 cm³/mol. The number of aryl methyl sites for hydroxylation is 1. The number of nitrogens with one attached hydrogen (secondary N) is 1. The minimum absolute atomic E-state index is 0.0787. The number of carbonyl (C=O) groups excluding carboxylic acids is 1. The van der Waals surface area contributed by atoms with Gasteiger partial charge in [-0.2, -0.15) is 5.10 Å². The lowest BCUT2D eigenvalue weighted by atomic mass is 10.1. The molecule has 0 radical (unpaired) electrons. The Bertz CT molecular complexity index is 1160. The van der Waals surface area contributed by atoms with Crippen LogP contribution in [0.15, 0.2) is 59.4 Å². The third kappa shape index (κ3) is 4.39. The Morgan fingerprint density at radius 3 is 2.57 bits per heavy atom. The van der Waals surface area contributed by atoms with Crippen LogP contribution in [0.2, 0.25) is 0 Å². The maximum Gasteiger partial charge on any atom is 0.275 e. The van der Waals surface area contributed by atoms with Crippen LogP contribution < -0.4 is 10.7 Å². The van der Waals surface area contributed by atoms with Crippen LogP contribution in [0.25, 0.3) is 5.69 Å². The van der Waals surface area contributed by atoms with Crippen LogP contribution in [0.5, 0.6) is 0 Å². The number of rotatable bonds is 6. The lowest BCUT2D eigenvalue weighted by Crippen LogP contribution is -2.34. The van der Waals surface area contributed by atoms with E-state index >= 15 is 0 Å². The molecule has 0 aliphatic heterocycles. The fraction of sp³-hybridized carbons (Fsp3) is 0.150. The highest BCUT2D eigenvalue weighted by Crippen LogP contribution is 2.17. The smallest absolute Gasteiger partial charge is 0.275 e. The number of para-hydroxylation sites is 1. The van der Waals surface area contributed by atoms with E-state index in [1.165, 1.54) is 48.5 Å². The van der Waals surface area contributed by atoms with Crippen LogP contribution in [-0.4, -0.2) is 32.3 Å². The number of nitro benzene ring substituents is 1. The van der Waals surface area contributed by atoms with E-state index in [4.69, 9.17) is 0 Å². The van der Waals surface area contributed by atoms with E-state index < -0.39 is 33.9 Å². The van der Waals surface area contributed by atoms with Gasteiger partial charge in [-0.1, -0.05) is 12.1 Å². The van der Waals surface area contributed by atoms with Gasteiger partial charge in [-0.25, -0.2) is 9.07 Å². The molecule has 1 aromatic heterocycles. The van der Waals surface area contributed by atoms with E-state index in [1.807, 2.05) is 0 Å². The maximum absolute atomic E-state index is 14.1. The number of nitro groups is 1. The molecule has 1 amide bonds. The molecule has 0 unspecified atom stereocenters. The number of hydrogen-bond acceptors (Lipinski definition) is 6. The number of hydrogen-bond donors (Lipinski definition) is 2. The van der Waals surface area contributed by atoms with E-state index in [0.717, 1.165) is 4.68 Å². The summed E-state index contributed by atoms with van der Waals surface area (Å²) in [4.78, 5) is 34.8. The normalized spacial score (nSPS) is 11.7. The van der Waals surface area contributed by atoms with Crippen molar-refractivity contribution < 1.29 is 19.2 Å². The fourth-order valence-electron chi connectivity index (χ4n) is 2.78. The highest BCUT2D eigenvalue weighted by Gasteiger charge is 2.18. The van der Waals surface area contributed by atoms with Gasteiger partial charge in [0.15, 0.2) is 5.69 Å². The minimum Gasteiger partial charge on any atom is -0.387 e. The van der Waals surface area contributed by atoms with E-state index in [-0.39, 0.29) is 17.9 Å². The van der Waals surface area contributed by atoms with Crippen molar-refractivity contribution in [1.29, 1.82) is 0 Å². The highest BCUT2D eigenvalue weighted by molar-refractivity contribution is 5.92. The Kier molecular flexibility index (Phi) is 5.98. The molecular formula is C20H17FN4O5. The molecule has 0 spiro atoms. The molecule has 154 valence electrons. The fourth-order valence-corrected chi connectivity index (χ4v) is 2.78. The SMILES string of the molecule is Cc1cc(=O)c(C(=O)NC[C@H](O)c2ccc([N+](=O)[O-])cc2)nn1-c1ccccc1F. The highest BCUT2D eigenvalue weighted by atomic mass is 19.1. The summed E-state index contributed by atoms with van der Waals surface area (Å²) in [5, 5.41) is 27.3. The summed E-state index contributed by atoms with van der Waals surface area (Å²) in [6.07, 6.45) is -1.16. The summed E-state index contributed by atoms with van der Waals surface area (Å²) in [5.74, 6) is -1.41. The quantitative estimate of drug-likeness (QED) is 0.471. The van der Waals surface area contributed by atoms with Gasteiger partial charge >= 0.3 is 0 Å². The zero-order chi connectivity index (χ0) is 21.8. The third-order valence-corrected chi connectivity index (χ3v) is 4.35. The number of aliphatic hydroxyl groups is 1. The number of aromatic nitrogens is 2. The van der Waals surface area contributed by atoms with Crippen molar-refractivity contribution in [2.45, 2.75) is 13.0 Å². The van der Waals surface area contributed by atoms with Crippen molar-refractivity contribution in [1.82, 2.24) is 15.1 Å². The van der Waals surface area contributed by atoms with Crippen molar-refractivity contribution in [3.63, 3.8) is 0 Å². The van der Waals surface area contributed by atoms with Gasteiger partial charge in [0.2, 0.25) is 5.43 Å². The van der Waals surface area contributed by atoms with Crippen molar-refractivity contribution in [3.8, 4) is 5.69 Å². The predicted octanol–water partition coefficient (Wildman–Crippen LogP) is 2.05. The van der Waals surface area contributed by atoms with E-state index in [0.29, 0.717) is 11.3 Å². The van der Waals surface area contributed by atoms with Gasteiger partial charge in [0, 0.05) is 30.4 Å². The number of halogens is 1. The molecule has 3 rings (SSSR count).